The smallest absolute Gasteiger partial charge is 0.311 e. The van der Waals surface area contributed by atoms with Crippen molar-refractivity contribution in [1.29, 1.82) is 0 Å². The van der Waals surface area contributed by atoms with E-state index in [0.29, 0.717) is 23.9 Å². The van der Waals surface area contributed by atoms with Crippen LogP contribution in [0.1, 0.15) is 32.4 Å². The number of nitrogens with zero attached hydrogens (tertiary/aromatic N) is 2. The van der Waals surface area contributed by atoms with Crippen LogP contribution in [0.25, 0.3) is 0 Å². The summed E-state index contributed by atoms with van der Waals surface area (Å²) in [6.45, 7) is 4.90. The fourth-order valence-corrected chi connectivity index (χ4v) is 1.37. The van der Waals surface area contributed by atoms with Crippen LogP contribution in [0.2, 0.25) is 0 Å². The first-order chi connectivity index (χ1) is 7.72. The molecule has 0 fully saturated rings. The van der Waals surface area contributed by atoms with Crippen molar-refractivity contribution in [3.63, 3.8) is 0 Å². The van der Waals surface area contributed by atoms with Gasteiger partial charge < -0.3 is 10.1 Å². The summed E-state index contributed by atoms with van der Waals surface area (Å²) in [5.41, 5.74) is 0.656. The van der Waals surface area contributed by atoms with Gasteiger partial charge in [-0.05, 0) is 12.8 Å². The van der Waals surface area contributed by atoms with Gasteiger partial charge in [0.25, 0.3) is 0 Å². The summed E-state index contributed by atoms with van der Waals surface area (Å²) >= 11 is 0. The number of nitrogens with one attached hydrogen (secondary N) is 1. The van der Waals surface area contributed by atoms with Gasteiger partial charge >= 0.3 is 6.08 Å². The zero-order chi connectivity index (χ0) is 12.0. The maximum absolute atomic E-state index is 12.8. The fourth-order valence-electron chi connectivity index (χ4n) is 1.37. The first-order valence-corrected chi connectivity index (χ1v) is 5.59. The molecular weight excluding hydrogens is 209 g/mol. The van der Waals surface area contributed by atoms with E-state index in [0.717, 1.165) is 12.8 Å². The van der Waals surface area contributed by atoms with Crippen LogP contribution in [-0.2, 0) is 6.42 Å². The van der Waals surface area contributed by atoms with Crippen LogP contribution in [-0.4, -0.2) is 23.6 Å². The third-order valence-corrected chi connectivity index (χ3v) is 1.95. The van der Waals surface area contributed by atoms with Gasteiger partial charge in [-0.15, -0.1) is 0 Å². The summed E-state index contributed by atoms with van der Waals surface area (Å²) < 4.78 is 18.2. The van der Waals surface area contributed by atoms with Gasteiger partial charge in [-0.25, -0.2) is 4.98 Å². The van der Waals surface area contributed by atoms with Crippen LogP contribution in [0.4, 0.5) is 10.2 Å². The van der Waals surface area contributed by atoms with E-state index in [2.05, 4.69) is 29.1 Å². The molecule has 1 aliphatic rings. The molecule has 5 heteroatoms. The van der Waals surface area contributed by atoms with E-state index in [-0.39, 0.29) is 0 Å². The maximum atomic E-state index is 12.8. The first kappa shape index (κ1) is 12.7. The summed E-state index contributed by atoms with van der Waals surface area (Å²) in [5.74, 6) is 1.03. The molecule has 1 aromatic rings. The van der Waals surface area contributed by atoms with E-state index in [1.807, 2.05) is 0 Å². The topological polar surface area (TPSA) is 47.0 Å². The lowest BCUT2D eigenvalue weighted by Crippen LogP contribution is -2.14. The molecule has 0 radical (unpaired) electrons. The van der Waals surface area contributed by atoms with Crippen molar-refractivity contribution in [2.75, 3.05) is 19.0 Å². The first-order valence-electron chi connectivity index (χ1n) is 5.59. The number of ether oxygens (including phenoxy) is 1. The highest BCUT2D eigenvalue weighted by Crippen LogP contribution is 2.29. The predicted octanol–water partition coefficient (Wildman–Crippen LogP) is 2.40. The summed E-state index contributed by atoms with van der Waals surface area (Å²) in [5, 5.41) is 2.78. The molecular formula is C11H18FN3O. The number of hydrogen-bond acceptors (Lipinski definition) is 4. The summed E-state index contributed by atoms with van der Waals surface area (Å²) in [6, 6.07) is 0. The molecule has 0 atom stereocenters. The van der Waals surface area contributed by atoms with Crippen LogP contribution >= 0.6 is 0 Å². The number of aromatic nitrogens is 2. The Morgan fingerprint density at radius 1 is 1.38 bits per heavy atom. The van der Waals surface area contributed by atoms with Crippen molar-refractivity contribution in [3.8, 4) is 5.75 Å². The van der Waals surface area contributed by atoms with Crippen LogP contribution in [0.5, 0.6) is 5.75 Å². The Bertz CT molecular complexity index is 327. The minimum atomic E-state index is -0.700. The molecule has 0 aliphatic carbocycles. The number of aryl methyl sites for hydroxylation is 1. The fraction of sp³-hybridized carbons (Fsp3) is 0.636. The van der Waals surface area contributed by atoms with Gasteiger partial charge in [0.1, 0.15) is 0 Å². The molecule has 1 aliphatic heterocycles. The standard InChI is InChI=1S/C8H10FN3O.C3H8/c1-10-7-6-5(3-2-4-13-6)11-8(9)12-7;1-3-2/h2-4H2,1H3,(H,10,11,12);3H2,1-2H3. The van der Waals surface area contributed by atoms with Gasteiger partial charge in [-0.1, -0.05) is 20.3 Å². The molecule has 90 valence electrons. The Labute approximate surface area is 95.3 Å². The lowest BCUT2D eigenvalue weighted by atomic mass is 10.2. The maximum Gasteiger partial charge on any atom is 0.311 e. The highest BCUT2D eigenvalue weighted by atomic mass is 19.1. The molecule has 1 N–H and O–H groups in total. The molecule has 0 bridgehead atoms. The second kappa shape index (κ2) is 6.25. The lowest BCUT2D eigenvalue weighted by Gasteiger charge is -2.17. The molecule has 0 spiro atoms. The average Bonchev–Trinajstić information content (AvgIpc) is 2.29. The van der Waals surface area contributed by atoms with Crippen molar-refractivity contribution in [1.82, 2.24) is 9.97 Å². The molecule has 0 aromatic carbocycles. The Balaban J connectivity index is 0.000000386. The normalized spacial score (nSPS) is 13.0. The van der Waals surface area contributed by atoms with Crippen LogP contribution in [0.15, 0.2) is 0 Å². The summed E-state index contributed by atoms with van der Waals surface area (Å²) in [7, 11) is 1.68. The number of rotatable bonds is 1. The van der Waals surface area contributed by atoms with E-state index < -0.39 is 6.08 Å². The molecule has 0 saturated heterocycles. The van der Waals surface area contributed by atoms with E-state index in [1.165, 1.54) is 6.42 Å². The molecule has 0 unspecified atom stereocenters. The van der Waals surface area contributed by atoms with Crippen LogP contribution < -0.4 is 10.1 Å². The number of anilines is 1. The van der Waals surface area contributed by atoms with E-state index in [4.69, 9.17) is 4.74 Å². The van der Waals surface area contributed by atoms with Gasteiger partial charge in [0, 0.05) is 7.05 Å². The Kier molecular flexibility index (Phi) is 4.95. The van der Waals surface area contributed by atoms with Gasteiger partial charge in [-0.2, -0.15) is 9.37 Å². The third kappa shape index (κ3) is 3.05. The van der Waals surface area contributed by atoms with Gasteiger partial charge in [-0.3, -0.25) is 0 Å². The Morgan fingerprint density at radius 3 is 2.69 bits per heavy atom. The highest BCUT2D eigenvalue weighted by molar-refractivity contribution is 5.52. The third-order valence-electron chi connectivity index (χ3n) is 1.95. The van der Waals surface area contributed by atoms with Crippen molar-refractivity contribution < 1.29 is 9.13 Å². The van der Waals surface area contributed by atoms with Crippen molar-refractivity contribution in [3.05, 3.63) is 11.8 Å². The molecule has 16 heavy (non-hydrogen) atoms. The molecule has 2 rings (SSSR count). The van der Waals surface area contributed by atoms with Gasteiger partial charge in [0.15, 0.2) is 11.6 Å². The largest absolute Gasteiger partial charge is 0.488 e. The van der Waals surface area contributed by atoms with E-state index >= 15 is 0 Å². The number of hydrogen-bond donors (Lipinski definition) is 1. The van der Waals surface area contributed by atoms with E-state index in [9.17, 15) is 4.39 Å². The van der Waals surface area contributed by atoms with Crippen LogP contribution in [0, 0.1) is 6.08 Å². The summed E-state index contributed by atoms with van der Waals surface area (Å²) in [4.78, 5) is 7.27. The molecule has 2 heterocycles. The summed E-state index contributed by atoms with van der Waals surface area (Å²) in [6.07, 6.45) is 2.18. The zero-order valence-electron chi connectivity index (χ0n) is 10.0. The second-order valence-corrected chi connectivity index (χ2v) is 3.53. The van der Waals surface area contributed by atoms with Gasteiger partial charge in [0.05, 0.1) is 12.3 Å². The SMILES string of the molecule is CCC.CNc1nc(F)nc2c1OCCC2. The molecule has 0 saturated carbocycles. The molecule has 0 amide bonds. The number of fused-ring (bicyclic) bond motifs is 1. The minimum absolute atomic E-state index is 0.433. The minimum Gasteiger partial charge on any atom is -0.488 e. The second-order valence-electron chi connectivity index (χ2n) is 3.53. The van der Waals surface area contributed by atoms with Crippen molar-refractivity contribution in [2.24, 2.45) is 0 Å². The Morgan fingerprint density at radius 2 is 2.06 bits per heavy atom. The van der Waals surface area contributed by atoms with Crippen molar-refractivity contribution in [2.45, 2.75) is 33.1 Å². The molecule has 1 aromatic heterocycles. The van der Waals surface area contributed by atoms with Gasteiger partial charge in [0.2, 0.25) is 0 Å². The predicted molar refractivity (Wildman–Crippen MR) is 61.3 cm³/mol. The monoisotopic (exact) mass is 227 g/mol. The molecule has 4 nitrogen and oxygen atoms in total. The highest BCUT2D eigenvalue weighted by Gasteiger charge is 2.18. The zero-order valence-corrected chi connectivity index (χ0v) is 10.0. The Hall–Kier alpha value is -1.39. The number of halogens is 1. The van der Waals surface area contributed by atoms with Crippen molar-refractivity contribution >= 4 is 5.82 Å². The van der Waals surface area contributed by atoms with Crippen LogP contribution in [0.3, 0.4) is 0 Å². The quantitative estimate of drug-likeness (QED) is 0.748. The lowest BCUT2D eigenvalue weighted by molar-refractivity contribution is 0.282. The average molecular weight is 227 g/mol. The van der Waals surface area contributed by atoms with E-state index in [1.54, 1.807) is 7.05 Å².